The Hall–Kier alpha value is -0.680. The smallest absolute Gasteiger partial charge is 0.404 e. The molecule has 9 heteroatoms. The van der Waals surface area contributed by atoms with Crippen molar-refractivity contribution in [3.8, 4) is 5.75 Å². The molecule has 108 valence electrons. The summed E-state index contributed by atoms with van der Waals surface area (Å²) in [6, 6.07) is 1.52. The highest BCUT2D eigenvalue weighted by molar-refractivity contribution is 7.60. The Morgan fingerprint density at radius 2 is 1.47 bits per heavy atom. The quantitative estimate of drug-likeness (QED) is 0.732. The van der Waals surface area contributed by atoms with E-state index in [1.807, 2.05) is 13.8 Å². The lowest BCUT2D eigenvalue weighted by Crippen LogP contribution is -2.00. The minimum Gasteiger partial charge on any atom is -0.404 e. The maximum absolute atomic E-state index is 11.5. The molecule has 1 atom stereocenters. The Kier molecular flexibility index (Phi) is 4.62. The number of aryl methyl sites for hydroxylation is 1. The van der Waals surface area contributed by atoms with Crippen molar-refractivity contribution >= 4 is 15.6 Å². The molecule has 0 saturated carbocycles. The average Bonchev–Trinajstić information content (AvgIpc) is 2.19. The first kappa shape index (κ1) is 16.4. The van der Waals surface area contributed by atoms with E-state index in [-0.39, 0.29) is 5.75 Å². The molecular formula is C10H16O7P2. The predicted octanol–water partition coefficient (Wildman–Crippen LogP) is 2.51. The van der Waals surface area contributed by atoms with Crippen molar-refractivity contribution < 1.29 is 32.6 Å². The van der Waals surface area contributed by atoms with Gasteiger partial charge in [-0.2, -0.15) is 4.31 Å². The highest BCUT2D eigenvalue weighted by Gasteiger charge is 2.34. The van der Waals surface area contributed by atoms with Crippen molar-refractivity contribution in [1.82, 2.24) is 0 Å². The Bertz CT molecular complexity index is 590. The highest BCUT2D eigenvalue weighted by Crippen LogP contribution is 2.57. The van der Waals surface area contributed by atoms with Crippen LogP contribution in [-0.2, 0) is 13.4 Å². The predicted molar refractivity (Wildman–Crippen MR) is 69.0 cm³/mol. The molecule has 0 saturated heterocycles. The first-order chi connectivity index (χ1) is 8.43. The SMILES string of the molecule is Cc1cc(OP(=O)(O)OP(=O)(O)O)c(C)c(C)c1C. The number of phosphoric ester groups is 1. The molecule has 1 aromatic rings. The van der Waals surface area contributed by atoms with E-state index in [9.17, 15) is 14.0 Å². The van der Waals surface area contributed by atoms with Crippen molar-refractivity contribution in [2.24, 2.45) is 0 Å². The van der Waals surface area contributed by atoms with Gasteiger partial charge in [0.25, 0.3) is 0 Å². The van der Waals surface area contributed by atoms with Gasteiger partial charge >= 0.3 is 15.6 Å². The molecule has 7 nitrogen and oxygen atoms in total. The van der Waals surface area contributed by atoms with Crippen molar-refractivity contribution in [3.63, 3.8) is 0 Å². The van der Waals surface area contributed by atoms with Crippen LogP contribution < -0.4 is 4.52 Å². The fourth-order valence-electron chi connectivity index (χ4n) is 1.55. The summed E-state index contributed by atoms with van der Waals surface area (Å²) < 4.78 is 30.5. The Morgan fingerprint density at radius 1 is 0.947 bits per heavy atom. The molecule has 1 aromatic carbocycles. The number of hydrogen-bond acceptors (Lipinski definition) is 4. The lowest BCUT2D eigenvalue weighted by molar-refractivity contribution is 0.229. The van der Waals surface area contributed by atoms with Crippen LogP contribution in [0.15, 0.2) is 6.07 Å². The van der Waals surface area contributed by atoms with Crippen molar-refractivity contribution in [2.75, 3.05) is 0 Å². The summed E-state index contributed by atoms with van der Waals surface area (Å²) in [5, 5.41) is 0. The number of benzene rings is 1. The van der Waals surface area contributed by atoms with Gasteiger partial charge in [0.15, 0.2) is 0 Å². The third-order valence-electron chi connectivity index (χ3n) is 2.86. The number of hydrogen-bond donors (Lipinski definition) is 3. The van der Waals surface area contributed by atoms with E-state index in [1.165, 1.54) is 6.07 Å². The average molecular weight is 310 g/mol. The van der Waals surface area contributed by atoms with Gasteiger partial charge < -0.3 is 14.3 Å². The fourth-order valence-corrected chi connectivity index (χ4v) is 3.19. The van der Waals surface area contributed by atoms with Crippen LogP contribution in [0.4, 0.5) is 0 Å². The van der Waals surface area contributed by atoms with E-state index in [2.05, 4.69) is 4.31 Å². The summed E-state index contributed by atoms with van der Waals surface area (Å²) in [5.41, 5.74) is 3.31. The van der Waals surface area contributed by atoms with E-state index >= 15 is 0 Å². The zero-order valence-electron chi connectivity index (χ0n) is 10.9. The van der Waals surface area contributed by atoms with Crippen LogP contribution in [0.5, 0.6) is 5.75 Å². The molecule has 0 aromatic heterocycles. The molecule has 0 amide bonds. The van der Waals surface area contributed by atoms with Gasteiger partial charge in [0.2, 0.25) is 0 Å². The summed E-state index contributed by atoms with van der Waals surface area (Å²) in [7, 11) is -9.99. The monoisotopic (exact) mass is 310 g/mol. The minimum absolute atomic E-state index is 0.0554. The lowest BCUT2D eigenvalue weighted by atomic mass is 9.99. The summed E-state index contributed by atoms with van der Waals surface area (Å²) in [6.45, 7) is 7.18. The number of phosphoric acid groups is 2. The maximum Gasteiger partial charge on any atom is 0.536 e. The molecule has 19 heavy (non-hydrogen) atoms. The van der Waals surface area contributed by atoms with Gasteiger partial charge in [-0.15, -0.1) is 0 Å². The summed E-state index contributed by atoms with van der Waals surface area (Å²) in [4.78, 5) is 26.4. The fraction of sp³-hybridized carbons (Fsp3) is 0.400. The van der Waals surface area contributed by atoms with Crippen LogP contribution in [0.25, 0.3) is 0 Å². The molecule has 0 bridgehead atoms. The minimum atomic E-state index is -5.11. The van der Waals surface area contributed by atoms with E-state index in [4.69, 9.17) is 14.3 Å². The van der Waals surface area contributed by atoms with E-state index in [0.29, 0.717) is 5.56 Å². The van der Waals surface area contributed by atoms with Crippen LogP contribution in [0.1, 0.15) is 22.3 Å². The van der Waals surface area contributed by atoms with E-state index in [0.717, 1.165) is 16.7 Å². The van der Waals surface area contributed by atoms with Crippen molar-refractivity contribution in [3.05, 3.63) is 28.3 Å². The van der Waals surface area contributed by atoms with Gasteiger partial charge in [0, 0.05) is 0 Å². The van der Waals surface area contributed by atoms with Gasteiger partial charge in [-0.25, -0.2) is 9.13 Å². The first-order valence-corrected chi connectivity index (χ1v) is 8.32. The zero-order chi connectivity index (χ0) is 15.0. The molecule has 0 radical (unpaired) electrons. The molecule has 0 fully saturated rings. The summed E-state index contributed by atoms with van der Waals surface area (Å²) in [5.74, 6) is 0.0554. The standard InChI is InChI=1S/C10H16O7P2/c1-6-5-10(9(4)8(3)7(6)2)16-19(14,15)17-18(11,12)13/h5H,1-4H3,(H,14,15)(H2,11,12,13). The zero-order valence-corrected chi connectivity index (χ0v) is 12.7. The van der Waals surface area contributed by atoms with Crippen molar-refractivity contribution in [1.29, 1.82) is 0 Å². The van der Waals surface area contributed by atoms with Crippen LogP contribution in [0, 0.1) is 27.7 Å². The van der Waals surface area contributed by atoms with Gasteiger partial charge in [-0.1, -0.05) is 0 Å². The van der Waals surface area contributed by atoms with Gasteiger partial charge in [-0.3, -0.25) is 4.89 Å². The van der Waals surface area contributed by atoms with Crippen LogP contribution in [0.2, 0.25) is 0 Å². The Labute approximate surface area is 111 Å². The molecule has 1 rings (SSSR count). The molecule has 0 spiro atoms. The third-order valence-corrected chi connectivity index (χ3v) is 4.96. The second kappa shape index (κ2) is 5.37. The lowest BCUT2D eigenvalue weighted by Gasteiger charge is -2.17. The summed E-state index contributed by atoms with van der Waals surface area (Å²) >= 11 is 0. The van der Waals surface area contributed by atoms with Gasteiger partial charge in [0.1, 0.15) is 5.75 Å². The second-order valence-corrected chi connectivity index (χ2v) is 6.95. The molecule has 0 aliphatic rings. The van der Waals surface area contributed by atoms with Gasteiger partial charge in [0.05, 0.1) is 0 Å². The molecule has 0 aliphatic carbocycles. The second-order valence-electron chi connectivity index (χ2n) is 4.20. The van der Waals surface area contributed by atoms with Crippen molar-refractivity contribution in [2.45, 2.75) is 27.7 Å². The van der Waals surface area contributed by atoms with E-state index < -0.39 is 15.6 Å². The van der Waals surface area contributed by atoms with E-state index in [1.54, 1.807) is 13.8 Å². The Balaban J connectivity index is 3.14. The molecule has 3 N–H and O–H groups in total. The molecule has 0 heterocycles. The molecule has 0 aliphatic heterocycles. The summed E-state index contributed by atoms with van der Waals surface area (Å²) in [6.07, 6.45) is 0. The van der Waals surface area contributed by atoms with Crippen LogP contribution >= 0.6 is 15.6 Å². The van der Waals surface area contributed by atoms with Crippen LogP contribution in [-0.4, -0.2) is 14.7 Å². The molecular weight excluding hydrogens is 294 g/mol. The maximum atomic E-state index is 11.5. The molecule has 1 unspecified atom stereocenters. The van der Waals surface area contributed by atoms with Crippen LogP contribution in [0.3, 0.4) is 0 Å². The highest BCUT2D eigenvalue weighted by atomic mass is 31.3. The largest absolute Gasteiger partial charge is 0.536 e. The Morgan fingerprint density at radius 3 is 1.95 bits per heavy atom. The number of rotatable bonds is 4. The topological polar surface area (TPSA) is 113 Å². The normalized spacial score (nSPS) is 15.1. The first-order valence-electron chi connectivity index (χ1n) is 5.29. The third kappa shape index (κ3) is 4.42. The van der Waals surface area contributed by atoms with Gasteiger partial charge in [-0.05, 0) is 56.0 Å².